The Bertz CT molecular complexity index is 1530. The van der Waals surface area contributed by atoms with Crippen LogP contribution < -0.4 is 10.2 Å². The summed E-state index contributed by atoms with van der Waals surface area (Å²) in [5.41, 5.74) is 5.74. The lowest BCUT2D eigenvalue weighted by molar-refractivity contribution is 0.351. The van der Waals surface area contributed by atoms with Gasteiger partial charge < -0.3 is 15.2 Å². The molecule has 0 saturated carbocycles. The number of benzene rings is 1. The summed E-state index contributed by atoms with van der Waals surface area (Å²) in [5, 5.41) is 9.62. The van der Waals surface area contributed by atoms with Crippen LogP contribution in [0.4, 0.5) is 10.2 Å². The number of aromatic nitrogens is 5. The van der Waals surface area contributed by atoms with Crippen LogP contribution in [0.3, 0.4) is 0 Å². The van der Waals surface area contributed by atoms with Crippen molar-refractivity contribution in [1.82, 2.24) is 29.9 Å². The summed E-state index contributed by atoms with van der Waals surface area (Å²) in [7, 11) is 0. The third-order valence-electron chi connectivity index (χ3n) is 6.46. The van der Waals surface area contributed by atoms with Gasteiger partial charge in [0.1, 0.15) is 23.0 Å². The predicted molar refractivity (Wildman–Crippen MR) is 133 cm³/mol. The average Bonchev–Trinajstić information content (AvgIpc) is 3.43. The number of piperazine rings is 1. The van der Waals surface area contributed by atoms with Crippen molar-refractivity contribution in [2.45, 2.75) is 26.3 Å². The van der Waals surface area contributed by atoms with Crippen molar-refractivity contribution in [3.63, 3.8) is 0 Å². The highest BCUT2D eigenvalue weighted by Crippen LogP contribution is 2.37. The maximum atomic E-state index is 14.2. The number of hydrogen-bond donors (Lipinski definition) is 2. The molecule has 4 aromatic heterocycles. The van der Waals surface area contributed by atoms with Crippen molar-refractivity contribution in [3.8, 4) is 22.5 Å². The quantitative estimate of drug-likeness (QED) is 0.417. The van der Waals surface area contributed by atoms with Crippen molar-refractivity contribution in [3.05, 3.63) is 66.2 Å². The van der Waals surface area contributed by atoms with E-state index in [1.165, 1.54) is 12.1 Å². The molecule has 1 aliphatic heterocycles. The Kier molecular flexibility index (Phi) is 4.67. The lowest BCUT2D eigenvalue weighted by atomic mass is 10.0. The van der Waals surface area contributed by atoms with Gasteiger partial charge in [0.05, 0.1) is 5.69 Å². The number of aromatic amines is 1. The number of halogens is 1. The highest BCUT2D eigenvalue weighted by molar-refractivity contribution is 5.97. The first kappa shape index (κ1) is 20.8. The monoisotopic (exact) mass is 455 g/mol. The van der Waals surface area contributed by atoms with Crippen molar-refractivity contribution in [1.29, 1.82) is 0 Å². The van der Waals surface area contributed by atoms with Gasteiger partial charge in [-0.1, -0.05) is 12.1 Å². The fourth-order valence-corrected chi connectivity index (χ4v) is 4.89. The molecule has 1 fully saturated rings. The molecule has 8 heteroatoms. The Morgan fingerprint density at radius 3 is 2.82 bits per heavy atom. The van der Waals surface area contributed by atoms with Gasteiger partial charge in [0, 0.05) is 54.1 Å². The van der Waals surface area contributed by atoms with Crippen LogP contribution >= 0.6 is 0 Å². The summed E-state index contributed by atoms with van der Waals surface area (Å²) < 4.78 is 16.1. The highest BCUT2D eigenvalue weighted by atomic mass is 19.1. The van der Waals surface area contributed by atoms with Crippen molar-refractivity contribution < 1.29 is 4.39 Å². The zero-order valence-corrected chi connectivity index (χ0v) is 19.4. The molecule has 172 valence electrons. The number of fused-ring (bicyclic) bond motifs is 2. The standard InChI is InChI=1S/C26H26FN7/c1-16-13-21(33-12-11-30-26(2,3)15-33)32-34-23(19-7-9-28-24-20(19)8-10-29-24)22(31-25(16)34)17-5-4-6-18(27)14-17/h4-10,13-14,30H,11-12,15H2,1-3H3,(H,28,29). The van der Waals surface area contributed by atoms with Crippen LogP contribution in [0.5, 0.6) is 0 Å². The van der Waals surface area contributed by atoms with Gasteiger partial charge in [-0.15, -0.1) is 5.10 Å². The Morgan fingerprint density at radius 1 is 1.12 bits per heavy atom. The fraction of sp³-hybridized carbons (Fsp3) is 0.269. The van der Waals surface area contributed by atoms with E-state index < -0.39 is 0 Å². The van der Waals surface area contributed by atoms with E-state index in [4.69, 9.17) is 10.1 Å². The van der Waals surface area contributed by atoms with Gasteiger partial charge in [0.25, 0.3) is 0 Å². The summed E-state index contributed by atoms with van der Waals surface area (Å²) in [6.45, 7) is 9.08. The van der Waals surface area contributed by atoms with Crippen LogP contribution in [0.1, 0.15) is 19.4 Å². The zero-order chi connectivity index (χ0) is 23.4. The van der Waals surface area contributed by atoms with Gasteiger partial charge in [0.15, 0.2) is 5.65 Å². The summed E-state index contributed by atoms with van der Waals surface area (Å²) >= 11 is 0. The molecular weight excluding hydrogens is 429 g/mol. The van der Waals surface area contributed by atoms with Crippen LogP contribution in [0.15, 0.2) is 54.9 Å². The van der Waals surface area contributed by atoms with Crippen molar-refractivity contribution in [2.24, 2.45) is 0 Å². The normalized spacial score (nSPS) is 15.9. The molecule has 0 amide bonds. The van der Waals surface area contributed by atoms with Crippen molar-refractivity contribution >= 4 is 22.5 Å². The van der Waals surface area contributed by atoms with E-state index in [0.717, 1.165) is 59.0 Å². The molecule has 6 rings (SSSR count). The molecule has 5 heterocycles. The second-order valence-corrected chi connectivity index (χ2v) is 9.57. The molecule has 1 aliphatic rings. The van der Waals surface area contributed by atoms with Crippen molar-refractivity contribution in [2.75, 3.05) is 24.5 Å². The minimum Gasteiger partial charge on any atom is -0.352 e. The molecule has 0 unspecified atom stereocenters. The van der Waals surface area contributed by atoms with Gasteiger partial charge in [-0.3, -0.25) is 0 Å². The van der Waals surface area contributed by atoms with Gasteiger partial charge in [-0.25, -0.2) is 18.9 Å². The Hall–Kier alpha value is -3.78. The molecule has 1 saturated heterocycles. The van der Waals surface area contributed by atoms with Crippen LogP contribution in [0.2, 0.25) is 0 Å². The summed E-state index contributed by atoms with van der Waals surface area (Å²) in [6, 6.07) is 12.6. The number of pyridine rings is 1. The van der Waals surface area contributed by atoms with Crippen LogP contribution in [0, 0.1) is 12.7 Å². The first-order valence-electron chi connectivity index (χ1n) is 11.5. The summed E-state index contributed by atoms with van der Waals surface area (Å²) in [4.78, 5) is 14.9. The third-order valence-corrected chi connectivity index (χ3v) is 6.46. The molecular formula is C26H26FN7. The maximum absolute atomic E-state index is 14.2. The maximum Gasteiger partial charge on any atom is 0.158 e. The predicted octanol–water partition coefficient (Wildman–Crippen LogP) is 4.58. The molecule has 7 nitrogen and oxygen atoms in total. The minimum atomic E-state index is -0.296. The number of aryl methyl sites for hydroxylation is 1. The second kappa shape index (κ2) is 7.63. The van der Waals surface area contributed by atoms with E-state index in [2.05, 4.69) is 47.0 Å². The van der Waals surface area contributed by atoms with Gasteiger partial charge >= 0.3 is 0 Å². The van der Waals surface area contributed by atoms with Gasteiger partial charge in [0.2, 0.25) is 0 Å². The van der Waals surface area contributed by atoms with E-state index in [0.29, 0.717) is 11.3 Å². The van der Waals surface area contributed by atoms with Gasteiger partial charge in [-0.05, 0) is 56.7 Å². The molecule has 0 radical (unpaired) electrons. The third kappa shape index (κ3) is 3.42. The number of H-pyrrole nitrogens is 1. The van der Waals surface area contributed by atoms with Gasteiger partial charge in [-0.2, -0.15) is 0 Å². The highest BCUT2D eigenvalue weighted by Gasteiger charge is 2.28. The largest absolute Gasteiger partial charge is 0.352 e. The number of nitrogens with one attached hydrogen (secondary N) is 2. The Labute approximate surface area is 196 Å². The molecule has 0 atom stereocenters. The number of imidazole rings is 1. The van der Waals surface area contributed by atoms with E-state index in [-0.39, 0.29) is 11.4 Å². The van der Waals surface area contributed by atoms with E-state index in [1.54, 1.807) is 12.3 Å². The zero-order valence-electron chi connectivity index (χ0n) is 19.4. The molecule has 0 aliphatic carbocycles. The summed E-state index contributed by atoms with van der Waals surface area (Å²) in [6.07, 6.45) is 3.65. The minimum absolute atomic E-state index is 0.00429. The van der Waals surface area contributed by atoms with E-state index in [9.17, 15) is 4.39 Å². The van der Waals surface area contributed by atoms with Crippen LogP contribution in [0.25, 0.3) is 39.2 Å². The van der Waals surface area contributed by atoms with E-state index >= 15 is 0 Å². The molecule has 5 aromatic rings. The number of anilines is 1. The fourth-order valence-electron chi connectivity index (χ4n) is 4.89. The molecule has 0 bridgehead atoms. The number of hydrogen-bond acceptors (Lipinski definition) is 5. The van der Waals surface area contributed by atoms with E-state index in [1.807, 2.05) is 28.9 Å². The molecule has 2 N–H and O–H groups in total. The topological polar surface area (TPSA) is 74.1 Å². The average molecular weight is 456 g/mol. The molecule has 34 heavy (non-hydrogen) atoms. The van der Waals surface area contributed by atoms with Crippen LogP contribution in [-0.4, -0.2) is 49.7 Å². The Balaban J connectivity index is 1.64. The first-order valence-corrected chi connectivity index (χ1v) is 11.5. The molecule has 1 aromatic carbocycles. The first-order chi connectivity index (χ1) is 16.4. The smallest absolute Gasteiger partial charge is 0.158 e. The lowest BCUT2D eigenvalue weighted by Crippen LogP contribution is -2.57. The van der Waals surface area contributed by atoms with Crippen LogP contribution in [-0.2, 0) is 0 Å². The second-order valence-electron chi connectivity index (χ2n) is 9.57. The summed E-state index contributed by atoms with van der Waals surface area (Å²) in [5.74, 6) is 0.610. The Morgan fingerprint density at radius 2 is 2.00 bits per heavy atom. The number of rotatable bonds is 3. The SMILES string of the molecule is Cc1cc(N2CCNC(C)(C)C2)nn2c(-c3ccnc4[nH]ccc34)c(-c3cccc(F)c3)nc12. The molecule has 0 spiro atoms. The lowest BCUT2D eigenvalue weighted by Gasteiger charge is -2.39. The number of nitrogens with zero attached hydrogens (tertiary/aromatic N) is 5.